The van der Waals surface area contributed by atoms with Gasteiger partial charge in [0, 0.05) is 20.6 Å². The lowest BCUT2D eigenvalue weighted by atomic mass is 10.0. The van der Waals surface area contributed by atoms with Crippen LogP contribution in [0.4, 0.5) is 4.39 Å². The molecule has 0 aliphatic heterocycles. The van der Waals surface area contributed by atoms with Gasteiger partial charge in [-0.1, -0.05) is 37.3 Å². The molecule has 0 heterocycles. The molecule has 0 aliphatic rings. The first-order valence-corrected chi connectivity index (χ1v) is 9.22. The summed E-state index contributed by atoms with van der Waals surface area (Å²) in [5.74, 6) is -1.36. The molecule has 0 aromatic heterocycles. The highest BCUT2D eigenvalue weighted by Crippen LogP contribution is 2.18. The second kappa shape index (κ2) is 7.76. The zero-order valence-electron chi connectivity index (χ0n) is 14.4. The van der Waals surface area contributed by atoms with Crippen molar-refractivity contribution in [1.82, 2.24) is 9.62 Å². The van der Waals surface area contributed by atoms with E-state index in [0.717, 1.165) is 28.1 Å². The number of nitrogens with zero attached hydrogens (tertiary/aromatic N) is 1. The minimum atomic E-state index is -3.74. The maximum absolute atomic E-state index is 14.0. The molecule has 0 fully saturated rings. The normalized spacial score (nSPS) is 12.8. The molecule has 1 atom stereocenters. The zero-order chi connectivity index (χ0) is 18.6. The van der Waals surface area contributed by atoms with Gasteiger partial charge in [0.25, 0.3) is 5.91 Å². The van der Waals surface area contributed by atoms with Crippen LogP contribution < -0.4 is 5.32 Å². The SMILES string of the molecule is C[C@@H](CNC(=O)c1cc(S(=O)(=O)N(C)C)ccc1F)c1ccccc1. The topological polar surface area (TPSA) is 66.5 Å². The van der Waals surface area contributed by atoms with Crippen molar-refractivity contribution in [2.24, 2.45) is 0 Å². The number of hydrogen-bond acceptors (Lipinski definition) is 3. The second-order valence-corrected chi connectivity index (χ2v) is 8.10. The third-order valence-corrected chi connectivity index (χ3v) is 5.71. The van der Waals surface area contributed by atoms with Gasteiger partial charge in [-0.25, -0.2) is 17.1 Å². The predicted octanol–water partition coefficient (Wildman–Crippen LogP) is 2.61. The standard InChI is InChI=1S/C18H21FN2O3S/c1-13(14-7-5-4-6-8-14)12-20-18(22)16-11-15(9-10-17(16)19)25(23,24)21(2)3/h4-11,13H,12H2,1-3H3,(H,20,22)/t13-/m0/s1. The summed E-state index contributed by atoms with van der Waals surface area (Å²) in [4.78, 5) is 12.2. The first kappa shape index (κ1) is 19.1. The van der Waals surface area contributed by atoms with Gasteiger partial charge in [0.05, 0.1) is 10.5 Å². The number of hydrogen-bond donors (Lipinski definition) is 1. The molecule has 0 saturated heterocycles. The maximum Gasteiger partial charge on any atom is 0.254 e. The number of benzene rings is 2. The number of rotatable bonds is 6. The van der Waals surface area contributed by atoms with Gasteiger partial charge in [0.2, 0.25) is 10.0 Å². The Labute approximate surface area is 147 Å². The molecule has 0 aliphatic carbocycles. The van der Waals surface area contributed by atoms with E-state index in [2.05, 4.69) is 5.32 Å². The number of nitrogens with one attached hydrogen (secondary N) is 1. The van der Waals surface area contributed by atoms with Crippen molar-refractivity contribution >= 4 is 15.9 Å². The summed E-state index contributed by atoms with van der Waals surface area (Å²) >= 11 is 0. The van der Waals surface area contributed by atoms with Crippen LogP contribution in [-0.2, 0) is 10.0 Å². The second-order valence-electron chi connectivity index (χ2n) is 5.95. The average molecular weight is 364 g/mol. The van der Waals surface area contributed by atoms with Crippen molar-refractivity contribution in [3.8, 4) is 0 Å². The molecule has 2 rings (SSSR count). The van der Waals surface area contributed by atoms with E-state index in [0.29, 0.717) is 6.54 Å². The molecule has 0 saturated carbocycles. The molecule has 2 aromatic carbocycles. The highest BCUT2D eigenvalue weighted by atomic mass is 32.2. The molecular weight excluding hydrogens is 343 g/mol. The molecule has 0 unspecified atom stereocenters. The summed E-state index contributed by atoms with van der Waals surface area (Å²) in [6.07, 6.45) is 0. The van der Waals surface area contributed by atoms with E-state index in [1.807, 2.05) is 37.3 Å². The number of halogens is 1. The first-order chi connectivity index (χ1) is 11.7. The van der Waals surface area contributed by atoms with Gasteiger partial charge in [0.1, 0.15) is 5.82 Å². The molecule has 2 aromatic rings. The Morgan fingerprint density at radius 1 is 1.16 bits per heavy atom. The molecule has 1 N–H and O–H groups in total. The molecule has 25 heavy (non-hydrogen) atoms. The van der Waals surface area contributed by atoms with Crippen molar-refractivity contribution in [1.29, 1.82) is 0 Å². The fraction of sp³-hybridized carbons (Fsp3) is 0.278. The summed E-state index contributed by atoms with van der Waals surface area (Å²) in [5, 5.41) is 2.66. The lowest BCUT2D eigenvalue weighted by molar-refractivity contribution is 0.0947. The Bertz CT molecular complexity index is 852. The Kier molecular flexibility index (Phi) is 5.92. The van der Waals surface area contributed by atoms with Gasteiger partial charge in [-0.05, 0) is 29.7 Å². The van der Waals surface area contributed by atoms with Crippen LogP contribution in [-0.4, -0.2) is 39.3 Å². The van der Waals surface area contributed by atoms with E-state index < -0.39 is 21.7 Å². The van der Waals surface area contributed by atoms with Crippen LogP contribution >= 0.6 is 0 Å². The van der Waals surface area contributed by atoms with Crippen LogP contribution in [0, 0.1) is 5.82 Å². The van der Waals surface area contributed by atoms with Crippen molar-refractivity contribution in [2.45, 2.75) is 17.7 Å². The maximum atomic E-state index is 14.0. The fourth-order valence-electron chi connectivity index (χ4n) is 2.29. The van der Waals surface area contributed by atoms with Crippen molar-refractivity contribution in [2.75, 3.05) is 20.6 Å². The Morgan fingerprint density at radius 2 is 1.80 bits per heavy atom. The number of carbonyl (C=O) groups excluding carboxylic acids is 1. The van der Waals surface area contributed by atoms with E-state index >= 15 is 0 Å². The number of carbonyl (C=O) groups is 1. The number of sulfonamides is 1. The zero-order valence-corrected chi connectivity index (χ0v) is 15.2. The number of amides is 1. The minimum Gasteiger partial charge on any atom is -0.351 e. The third-order valence-electron chi connectivity index (χ3n) is 3.90. The monoisotopic (exact) mass is 364 g/mol. The van der Waals surface area contributed by atoms with Crippen LogP contribution in [0.15, 0.2) is 53.4 Å². The summed E-state index contributed by atoms with van der Waals surface area (Å²) in [6.45, 7) is 2.26. The van der Waals surface area contributed by atoms with Crippen LogP contribution in [0.2, 0.25) is 0 Å². The summed E-state index contributed by atoms with van der Waals surface area (Å²) < 4.78 is 39.3. The largest absolute Gasteiger partial charge is 0.351 e. The van der Waals surface area contributed by atoms with Crippen molar-refractivity contribution < 1.29 is 17.6 Å². The Morgan fingerprint density at radius 3 is 2.40 bits per heavy atom. The molecule has 0 bridgehead atoms. The molecular formula is C18H21FN2O3S. The molecule has 0 spiro atoms. The Balaban J connectivity index is 2.16. The third kappa shape index (κ3) is 4.43. The first-order valence-electron chi connectivity index (χ1n) is 7.78. The van der Waals surface area contributed by atoms with E-state index in [1.165, 1.54) is 14.1 Å². The minimum absolute atomic E-state index is 0.0434. The molecule has 0 radical (unpaired) electrons. The highest BCUT2D eigenvalue weighted by Gasteiger charge is 2.21. The fourth-order valence-corrected chi connectivity index (χ4v) is 3.22. The van der Waals surface area contributed by atoms with Gasteiger partial charge < -0.3 is 5.32 Å². The highest BCUT2D eigenvalue weighted by molar-refractivity contribution is 7.89. The van der Waals surface area contributed by atoms with Crippen molar-refractivity contribution in [3.05, 3.63) is 65.5 Å². The summed E-state index contributed by atoms with van der Waals surface area (Å²) in [7, 11) is -0.987. The molecule has 1 amide bonds. The predicted molar refractivity (Wildman–Crippen MR) is 94.5 cm³/mol. The molecule has 134 valence electrons. The lowest BCUT2D eigenvalue weighted by Gasteiger charge is -2.15. The van der Waals surface area contributed by atoms with Gasteiger partial charge >= 0.3 is 0 Å². The van der Waals surface area contributed by atoms with Gasteiger partial charge in [-0.3, -0.25) is 4.79 Å². The summed E-state index contributed by atoms with van der Waals surface area (Å²) in [6, 6.07) is 12.8. The van der Waals surface area contributed by atoms with E-state index in [4.69, 9.17) is 0 Å². The summed E-state index contributed by atoms with van der Waals surface area (Å²) in [5.41, 5.74) is 0.760. The van der Waals surface area contributed by atoms with E-state index in [-0.39, 0.29) is 16.4 Å². The smallest absolute Gasteiger partial charge is 0.254 e. The van der Waals surface area contributed by atoms with Gasteiger partial charge in [-0.15, -0.1) is 0 Å². The molecule has 5 nitrogen and oxygen atoms in total. The van der Waals surface area contributed by atoms with Gasteiger partial charge in [0.15, 0.2) is 0 Å². The quantitative estimate of drug-likeness (QED) is 0.857. The lowest BCUT2D eigenvalue weighted by Crippen LogP contribution is -2.29. The van der Waals surface area contributed by atoms with E-state index in [1.54, 1.807) is 0 Å². The van der Waals surface area contributed by atoms with Gasteiger partial charge in [-0.2, -0.15) is 0 Å². The molecule has 7 heteroatoms. The van der Waals surface area contributed by atoms with Crippen molar-refractivity contribution in [3.63, 3.8) is 0 Å². The van der Waals surface area contributed by atoms with Crippen LogP contribution in [0.1, 0.15) is 28.8 Å². The van der Waals surface area contributed by atoms with Crippen LogP contribution in [0.25, 0.3) is 0 Å². The average Bonchev–Trinajstić information content (AvgIpc) is 2.60. The Hall–Kier alpha value is -2.25. The van der Waals surface area contributed by atoms with E-state index in [9.17, 15) is 17.6 Å². The van der Waals surface area contributed by atoms with Crippen LogP contribution in [0.3, 0.4) is 0 Å². The van der Waals surface area contributed by atoms with Crippen LogP contribution in [0.5, 0.6) is 0 Å².